The number of carboxylic acids is 1. The minimum atomic E-state index is -0.943. The van der Waals surface area contributed by atoms with Gasteiger partial charge in [-0.1, -0.05) is 11.8 Å². The normalized spacial score (nSPS) is 10.8. The maximum absolute atomic E-state index is 10.6. The zero-order chi connectivity index (χ0) is 13.8. The molecular formula is C9H12N6O3S. The monoisotopic (exact) mass is 284 g/mol. The number of carboxylic acid groups (broad SMARTS) is 1. The Morgan fingerprint density at radius 2 is 2.26 bits per heavy atom. The van der Waals surface area contributed by atoms with Crippen molar-refractivity contribution in [1.82, 2.24) is 29.5 Å². The molecule has 2 aromatic heterocycles. The van der Waals surface area contributed by atoms with Crippen molar-refractivity contribution in [3.05, 3.63) is 18.0 Å². The lowest BCUT2D eigenvalue weighted by Gasteiger charge is -2.05. The molecule has 0 saturated heterocycles. The lowest BCUT2D eigenvalue weighted by atomic mass is 10.5. The van der Waals surface area contributed by atoms with E-state index >= 15 is 0 Å². The van der Waals surface area contributed by atoms with Crippen LogP contribution in [0.5, 0.6) is 0 Å². The van der Waals surface area contributed by atoms with Crippen LogP contribution >= 0.6 is 11.8 Å². The van der Waals surface area contributed by atoms with Crippen LogP contribution in [0.4, 0.5) is 0 Å². The molecule has 0 spiro atoms. The van der Waals surface area contributed by atoms with E-state index in [-0.39, 0.29) is 18.9 Å². The Morgan fingerprint density at radius 1 is 1.47 bits per heavy atom. The van der Waals surface area contributed by atoms with Gasteiger partial charge in [0.25, 0.3) is 0 Å². The summed E-state index contributed by atoms with van der Waals surface area (Å²) < 4.78 is 3.16. The Bertz CT molecular complexity index is 580. The quantitative estimate of drug-likeness (QED) is 0.657. The molecule has 0 aromatic carbocycles. The van der Waals surface area contributed by atoms with E-state index in [4.69, 9.17) is 5.11 Å². The summed E-state index contributed by atoms with van der Waals surface area (Å²) >= 11 is 1.03. The fourth-order valence-electron chi connectivity index (χ4n) is 1.43. The van der Waals surface area contributed by atoms with Gasteiger partial charge >= 0.3 is 5.97 Å². The predicted octanol–water partition coefficient (Wildman–Crippen LogP) is -0.876. The van der Waals surface area contributed by atoms with Crippen LogP contribution in [0.1, 0.15) is 11.6 Å². The largest absolute Gasteiger partial charge is 0.481 e. The van der Waals surface area contributed by atoms with Gasteiger partial charge in [0.05, 0.1) is 12.3 Å². The van der Waals surface area contributed by atoms with Crippen LogP contribution in [0.2, 0.25) is 0 Å². The number of hydrogen-bond acceptors (Lipinski definition) is 7. The molecule has 2 aromatic rings. The van der Waals surface area contributed by atoms with Crippen LogP contribution in [-0.2, 0) is 25.0 Å². The molecule has 9 nitrogen and oxygen atoms in total. The molecule has 2 rings (SSSR count). The van der Waals surface area contributed by atoms with Crippen LogP contribution < -0.4 is 0 Å². The predicted molar refractivity (Wildman–Crippen MR) is 64.4 cm³/mol. The van der Waals surface area contributed by atoms with Crippen molar-refractivity contribution in [3.63, 3.8) is 0 Å². The first-order chi connectivity index (χ1) is 9.10. The number of aliphatic carboxylic acids is 1. The van der Waals surface area contributed by atoms with E-state index in [1.54, 1.807) is 22.6 Å². The Morgan fingerprint density at radius 3 is 2.84 bits per heavy atom. The molecule has 0 fully saturated rings. The summed E-state index contributed by atoms with van der Waals surface area (Å²) in [5.74, 6) is -0.185. The highest BCUT2D eigenvalue weighted by atomic mass is 32.2. The maximum Gasteiger partial charge on any atom is 0.313 e. The van der Waals surface area contributed by atoms with Gasteiger partial charge in [0.1, 0.15) is 12.9 Å². The second-order valence-corrected chi connectivity index (χ2v) is 4.60. The van der Waals surface area contributed by atoms with Gasteiger partial charge in [-0.3, -0.25) is 14.0 Å². The van der Waals surface area contributed by atoms with E-state index in [9.17, 15) is 9.90 Å². The van der Waals surface area contributed by atoms with Gasteiger partial charge in [0.15, 0.2) is 16.8 Å². The van der Waals surface area contributed by atoms with Crippen molar-refractivity contribution >= 4 is 17.7 Å². The Balaban J connectivity index is 2.20. The third-order valence-electron chi connectivity index (χ3n) is 2.21. The van der Waals surface area contributed by atoms with Crippen LogP contribution in [0, 0.1) is 0 Å². The number of rotatable bonds is 6. The number of nitrogens with zero attached hydrogens (tertiary/aromatic N) is 6. The minimum Gasteiger partial charge on any atom is -0.481 e. The molecule has 0 aliphatic carbocycles. The molecule has 2 heterocycles. The second-order valence-electron chi connectivity index (χ2n) is 3.66. The average Bonchev–Trinajstić information content (AvgIpc) is 2.94. The second kappa shape index (κ2) is 5.80. The van der Waals surface area contributed by atoms with E-state index in [0.29, 0.717) is 16.8 Å². The molecule has 0 saturated carbocycles. The van der Waals surface area contributed by atoms with Crippen molar-refractivity contribution in [2.45, 2.75) is 18.3 Å². The molecule has 0 unspecified atom stereocenters. The molecule has 2 N–H and O–H groups in total. The molecule has 0 bridgehead atoms. The van der Waals surface area contributed by atoms with E-state index in [2.05, 4.69) is 20.3 Å². The first-order valence-electron chi connectivity index (χ1n) is 5.32. The van der Waals surface area contributed by atoms with Gasteiger partial charge in [-0.05, 0) is 0 Å². The summed E-state index contributed by atoms with van der Waals surface area (Å²) in [6.45, 7) is -0.000843. The molecule has 0 atom stereocenters. The third kappa shape index (κ3) is 3.29. The number of thioether (sulfide) groups is 1. The first kappa shape index (κ1) is 13.5. The number of hydrogen-bond donors (Lipinski definition) is 2. The smallest absolute Gasteiger partial charge is 0.313 e. The van der Waals surface area contributed by atoms with Crippen LogP contribution in [-0.4, -0.2) is 51.5 Å². The van der Waals surface area contributed by atoms with Crippen LogP contribution in [0.15, 0.2) is 11.5 Å². The number of aliphatic hydroxyl groups excluding tert-OH is 1. The summed E-state index contributed by atoms with van der Waals surface area (Å²) in [6, 6.07) is 0. The molecule has 0 radical (unpaired) electrons. The molecule has 0 amide bonds. The highest BCUT2D eigenvalue weighted by Crippen LogP contribution is 2.17. The summed E-state index contributed by atoms with van der Waals surface area (Å²) in [5.41, 5.74) is 0. The molecule has 0 aliphatic heterocycles. The fraction of sp³-hybridized carbons (Fsp3) is 0.444. The van der Waals surface area contributed by atoms with Crippen LogP contribution in [0.25, 0.3) is 0 Å². The number of aryl methyl sites for hydroxylation is 1. The van der Waals surface area contributed by atoms with E-state index in [1.165, 1.54) is 0 Å². The zero-order valence-electron chi connectivity index (χ0n) is 10.1. The SMILES string of the molecule is Cn1cnc(Cn2c(CO)nnc2SCC(=O)O)n1. The first-order valence-corrected chi connectivity index (χ1v) is 6.30. The van der Waals surface area contributed by atoms with Crippen molar-refractivity contribution in [3.8, 4) is 0 Å². The van der Waals surface area contributed by atoms with Gasteiger partial charge in [0, 0.05) is 7.05 Å². The van der Waals surface area contributed by atoms with Crippen molar-refractivity contribution < 1.29 is 15.0 Å². The molecule has 19 heavy (non-hydrogen) atoms. The summed E-state index contributed by atoms with van der Waals surface area (Å²) in [4.78, 5) is 14.6. The number of aliphatic hydroxyl groups is 1. The maximum atomic E-state index is 10.6. The van der Waals surface area contributed by atoms with Gasteiger partial charge in [-0.25, -0.2) is 4.98 Å². The topological polar surface area (TPSA) is 119 Å². The minimum absolute atomic E-state index is 0.126. The van der Waals surface area contributed by atoms with Gasteiger partial charge in [-0.15, -0.1) is 10.2 Å². The standard InChI is InChI=1S/C9H12N6O3S/c1-14-5-10-6(13-14)2-15-7(3-16)11-12-9(15)19-4-8(17)18/h5,16H,2-4H2,1H3,(H,17,18). The molecule has 102 valence electrons. The number of aromatic nitrogens is 6. The Hall–Kier alpha value is -1.94. The average molecular weight is 284 g/mol. The van der Waals surface area contributed by atoms with Crippen LogP contribution in [0.3, 0.4) is 0 Å². The molecule has 10 heteroatoms. The molecular weight excluding hydrogens is 272 g/mol. The van der Waals surface area contributed by atoms with E-state index in [1.807, 2.05) is 0 Å². The fourth-order valence-corrected chi connectivity index (χ4v) is 2.10. The van der Waals surface area contributed by atoms with Crippen molar-refractivity contribution in [2.24, 2.45) is 7.05 Å². The lowest BCUT2D eigenvalue weighted by molar-refractivity contribution is -0.133. The highest BCUT2D eigenvalue weighted by molar-refractivity contribution is 7.99. The summed E-state index contributed by atoms with van der Waals surface area (Å²) in [5, 5.41) is 30.1. The van der Waals surface area contributed by atoms with E-state index in [0.717, 1.165) is 11.8 Å². The van der Waals surface area contributed by atoms with Gasteiger partial charge in [0.2, 0.25) is 0 Å². The summed E-state index contributed by atoms with van der Waals surface area (Å²) in [7, 11) is 1.75. The number of carbonyl (C=O) groups is 1. The Labute approximate surface area is 112 Å². The van der Waals surface area contributed by atoms with Crippen molar-refractivity contribution in [1.29, 1.82) is 0 Å². The zero-order valence-corrected chi connectivity index (χ0v) is 10.9. The van der Waals surface area contributed by atoms with Gasteiger partial charge < -0.3 is 10.2 Å². The third-order valence-corrected chi connectivity index (χ3v) is 3.16. The highest BCUT2D eigenvalue weighted by Gasteiger charge is 2.15. The summed E-state index contributed by atoms with van der Waals surface area (Å²) in [6.07, 6.45) is 1.56. The Kier molecular flexibility index (Phi) is 4.12. The van der Waals surface area contributed by atoms with Crippen molar-refractivity contribution in [2.75, 3.05) is 5.75 Å². The molecule has 0 aliphatic rings. The van der Waals surface area contributed by atoms with Gasteiger partial charge in [-0.2, -0.15) is 5.10 Å². The van der Waals surface area contributed by atoms with E-state index < -0.39 is 5.97 Å². The lowest BCUT2D eigenvalue weighted by Crippen LogP contribution is -2.09.